The Hall–Kier alpha value is -1.08. The molecule has 0 aromatic rings. The van der Waals surface area contributed by atoms with Crippen LogP contribution in [0.2, 0.25) is 0 Å². The number of hydrogen-bond acceptors (Lipinski definition) is 3. The lowest BCUT2D eigenvalue weighted by molar-refractivity contribution is -0.134. The van der Waals surface area contributed by atoms with Crippen molar-refractivity contribution in [3.8, 4) is 6.07 Å². The monoisotopic (exact) mass is 224 g/mol. The van der Waals surface area contributed by atoms with E-state index in [2.05, 4.69) is 18.3 Å². The summed E-state index contributed by atoms with van der Waals surface area (Å²) in [6.45, 7) is 4.62. The van der Waals surface area contributed by atoms with Crippen LogP contribution in [0.1, 0.15) is 33.1 Å². The average Bonchev–Trinajstić information content (AvgIpc) is 2.21. The normalized spacial score (nSPS) is 30.0. The highest BCUT2D eigenvalue weighted by molar-refractivity contribution is 5.86. The first-order valence-electron chi connectivity index (χ1n) is 5.75. The van der Waals surface area contributed by atoms with Crippen molar-refractivity contribution >= 4 is 5.91 Å². The number of carbonyl (C=O) groups excluding carboxylic acids is 1. The molecule has 0 aromatic heterocycles. The zero-order valence-electron chi connectivity index (χ0n) is 10.2. The van der Waals surface area contributed by atoms with Crippen molar-refractivity contribution in [2.24, 2.45) is 11.3 Å². The molecule has 0 saturated heterocycles. The van der Waals surface area contributed by atoms with E-state index in [0.717, 1.165) is 6.42 Å². The van der Waals surface area contributed by atoms with E-state index in [1.165, 1.54) is 0 Å². The molecule has 4 nitrogen and oxygen atoms in total. The SMILES string of the molecule is COCCC(C)NC(=O)C1(C#N)CC(C)C1. The molecular weight excluding hydrogens is 204 g/mol. The smallest absolute Gasteiger partial charge is 0.240 e. The van der Waals surface area contributed by atoms with Gasteiger partial charge in [-0.2, -0.15) is 5.26 Å². The molecule has 0 bridgehead atoms. The summed E-state index contributed by atoms with van der Waals surface area (Å²) in [6, 6.07) is 2.23. The predicted octanol–water partition coefficient (Wildman–Crippen LogP) is 1.47. The molecule has 0 aliphatic heterocycles. The van der Waals surface area contributed by atoms with Crippen LogP contribution in [-0.4, -0.2) is 25.7 Å². The lowest BCUT2D eigenvalue weighted by Crippen LogP contribution is -2.50. The summed E-state index contributed by atoms with van der Waals surface area (Å²) in [5.41, 5.74) is -0.763. The summed E-state index contributed by atoms with van der Waals surface area (Å²) in [5.74, 6) is 0.372. The number of nitriles is 1. The number of amides is 1. The Morgan fingerprint density at radius 1 is 1.69 bits per heavy atom. The number of rotatable bonds is 5. The van der Waals surface area contributed by atoms with Crippen LogP contribution in [0.3, 0.4) is 0 Å². The van der Waals surface area contributed by atoms with Crippen molar-refractivity contribution in [1.29, 1.82) is 5.26 Å². The highest BCUT2D eigenvalue weighted by Gasteiger charge is 2.49. The highest BCUT2D eigenvalue weighted by Crippen LogP contribution is 2.45. The molecule has 1 amide bonds. The maximum absolute atomic E-state index is 11.9. The van der Waals surface area contributed by atoms with Crippen LogP contribution in [0.25, 0.3) is 0 Å². The minimum atomic E-state index is -0.763. The van der Waals surface area contributed by atoms with Crippen molar-refractivity contribution in [1.82, 2.24) is 5.32 Å². The molecule has 0 radical (unpaired) electrons. The van der Waals surface area contributed by atoms with Crippen molar-refractivity contribution in [3.05, 3.63) is 0 Å². The second kappa shape index (κ2) is 5.31. The zero-order valence-corrected chi connectivity index (χ0v) is 10.2. The molecule has 1 fully saturated rings. The maximum Gasteiger partial charge on any atom is 0.240 e. The molecule has 16 heavy (non-hydrogen) atoms. The molecule has 1 N–H and O–H groups in total. The van der Waals surface area contributed by atoms with Crippen LogP contribution in [0.4, 0.5) is 0 Å². The van der Waals surface area contributed by atoms with Gasteiger partial charge < -0.3 is 10.1 Å². The molecular formula is C12H20N2O2. The van der Waals surface area contributed by atoms with Crippen molar-refractivity contribution in [3.63, 3.8) is 0 Å². The van der Waals surface area contributed by atoms with Crippen LogP contribution in [0.15, 0.2) is 0 Å². The largest absolute Gasteiger partial charge is 0.385 e. The third-order valence-electron chi connectivity index (χ3n) is 3.17. The Labute approximate surface area is 97.0 Å². The van der Waals surface area contributed by atoms with E-state index < -0.39 is 5.41 Å². The van der Waals surface area contributed by atoms with Gasteiger partial charge in [-0.15, -0.1) is 0 Å². The number of ether oxygens (including phenoxy) is 1. The summed E-state index contributed by atoms with van der Waals surface area (Å²) in [5, 5.41) is 12.0. The fraction of sp³-hybridized carbons (Fsp3) is 0.833. The third-order valence-corrected chi connectivity index (χ3v) is 3.17. The Morgan fingerprint density at radius 3 is 2.75 bits per heavy atom. The van der Waals surface area contributed by atoms with Gasteiger partial charge in [-0.1, -0.05) is 6.92 Å². The molecule has 1 aliphatic rings. The second-order valence-electron chi connectivity index (χ2n) is 4.86. The molecule has 0 heterocycles. The van der Waals surface area contributed by atoms with Gasteiger partial charge in [0.2, 0.25) is 5.91 Å². The maximum atomic E-state index is 11.9. The van der Waals surface area contributed by atoms with E-state index in [-0.39, 0.29) is 11.9 Å². The van der Waals surface area contributed by atoms with Gasteiger partial charge in [-0.3, -0.25) is 4.79 Å². The molecule has 0 aromatic carbocycles. The first kappa shape index (κ1) is 13.0. The summed E-state index contributed by atoms with van der Waals surface area (Å²) >= 11 is 0. The van der Waals surface area contributed by atoms with Gasteiger partial charge >= 0.3 is 0 Å². The van der Waals surface area contributed by atoms with Crippen molar-refractivity contribution in [2.75, 3.05) is 13.7 Å². The van der Waals surface area contributed by atoms with Gasteiger partial charge in [0.25, 0.3) is 0 Å². The van der Waals surface area contributed by atoms with Crippen molar-refractivity contribution in [2.45, 2.75) is 39.2 Å². The van der Waals surface area contributed by atoms with Crippen LogP contribution in [0, 0.1) is 22.7 Å². The Morgan fingerprint density at radius 2 is 2.31 bits per heavy atom. The predicted molar refractivity (Wildman–Crippen MR) is 60.5 cm³/mol. The Kier molecular flexibility index (Phi) is 4.31. The molecule has 0 spiro atoms. The Balaban J connectivity index is 2.43. The summed E-state index contributed by atoms with van der Waals surface area (Å²) < 4.78 is 4.95. The fourth-order valence-electron chi connectivity index (χ4n) is 2.19. The average molecular weight is 224 g/mol. The standard InChI is InChI=1S/C12H20N2O2/c1-9-6-12(7-9,8-13)11(15)14-10(2)4-5-16-3/h9-10H,4-7H2,1-3H3,(H,14,15). The first-order chi connectivity index (χ1) is 7.54. The molecule has 1 saturated carbocycles. The van der Waals surface area contributed by atoms with E-state index in [0.29, 0.717) is 25.4 Å². The van der Waals surface area contributed by atoms with Crippen LogP contribution >= 0.6 is 0 Å². The Bertz CT molecular complexity index is 290. The number of hydrogen-bond donors (Lipinski definition) is 1. The van der Waals surface area contributed by atoms with Gasteiger partial charge in [0.05, 0.1) is 6.07 Å². The molecule has 1 rings (SSSR count). The lowest BCUT2D eigenvalue weighted by Gasteiger charge is -2.39. The minimum absolute atomic E-state index is 0.0635. The van der Waals surface area contributed by atoms with E-state index in [4.69, 9.17) is 10.00 Å². The van der Waals surface area contributed by atoms with E-state index in [9.17, 15) is 4.79 Å². The molecule has 4 heteroatoms. The lowest BCUT2D eigenvalue weighted by atomic mass is 9.63. The molecule has 1 unspecified atom stereocenters. The highest BCUT2D eigenvalue weighted by atomic mass is 16.5. The third kappa shape index (κ3) is 2.73. The second-order valence-corrected chi connectivity index (χ2v) is 4.86. The number of nitrogens with zero attached hydrogens (tertiary/aromatic N) is 1. The van der Waals surface area contributed by atoms with Gasteiger partial charge in [0.15, 0.2) is 0 Å². The molecule has 1 atom stereocenters. The number of carbonyl (C=O) groups is 1. The van der Waals surface area contributed by atoms with Crippen LogP contribution in [0.5, 0.6) is 0 Å². The zero-order chi connectivity index (χ0) is 12.2. The topological polar surface area (TPSA) is 62.1 Å². The van der Waals surface area contributed by atoms with Gasteiger partial charge in [-0.25, -0.2) is 0 Å². The van der Waals surface area contributed by atoms with Gasteiger partial charge in [0, 0.05) is 19.8 Å². The quantitative estimate of drug-likeness (QED) is 0.769. The fourth-order valence-corrected chi connectivity index (χ4v) is 2.19. The first-order valence-corrected chi connectivity index (χ1v) is 5.75. The van der Waals surface area contributed by atoms with Crippen LogP contribution in [-0.2, 0) is 9.53 Å². The van der Waals surface area contributed by atoms with Crippen molar-refractivity contribution < 1.29 is 9.53 Å². The number of nitrogens with one attached hydrogen (secondary N) is 1. The van der Waals surface area contributed by atoms with Gasteiger partial charge in [-0.05, 0) is 32.1 Å². The number of methoxy groups -OCH3 is 1. The summed E-state index contributed by atoms with van der Waals surface area (Å²) in [4.78, 5) is 11.9. The summed E-state index contributed by atoms with van der Waals surface area (Å²) in [6.07, 6.45) is 2.15. The minimum Gasteiger partial charge on any atom is -0.385 e. The van der Waals surface area contributed by atoms with E-state index in [1.807, 2.05) is 6.92 Å². The summed E-state index contributed by atoms with van der Waals surface area (Å²) in [7, 11) is 1.64. The van der Waals surface area contributed by atoms with Gasteiger partial charge in [0.1, 0.15) is 5.41 Å². The molecule has 90 valence electrons. The van der Waals surface area contributed by atoms with E-state index in [1.54, 1.807) is 7.11 Å². The van der Waals surface area contributed by atoms with E-state index >= 15 is 0 Å². The molecule has 1 aliphatic carbocycles. The van der Waals surface area contributed by atoms with Crippen LogP contribution < -0.4 is 5.32 Å².